The summed E-state index contributed by atoms with van der Waals surface area (Å²) in [6, 6.07) is 8.65. The molecule has 0 bridgehead atoms. The van der Waals surface area contributed by atoms with Crippen LogP contribution in [0.4, 0.5) is 0 Å². The third-order valence-electron chi connectivity index (χ3n) is 4.34. The van der Waals surface area contributed by atoms with Crippen LogP contribution in [0.15, 0.2) is 41.4 Å². The van der Waals surface area contributed by atoms with Gasteiger partial charge in [-0.3, -0.25) is 4.90 Å². The number of fused-ring (bicyclic) bond motifs is 1. The van der Waals surface area contributed by atoms with E-state index in [-0.39, 0.29) is 5.75 Å². The summed E-state index contributed by atoms with van der Waals surface area (Å²) in [7, 11) is -3.23. The van der Waals surface area contributed by atoms with Crippen molar-refractivity contribution < 1.29 is 8.42 Å². The van der Waals surface area contributed by atoms with Crippen LogP contribution in [0.2, 0.25) is 0 Å². The monoisotopic (exact) mass is 345 g/mol. The first kappa shape index (κ1) is 17.0. The fourth-order valence-electron chi connectivity index (χ4n) is 2.84. The third kappa shape index (κ3) is 3.82. The van der Waals surface area contributed by atoms with E-state index in [0.29, 0.717) is 23.9 Å². The number of nitrogens with zero attached hydrogens (tertiary/aromatic N) is 3. The van der Waals surface area contributed by atoms with E-state index in [9.17, 15) is 8.42 Å². The van der Waals surface area contributed by atoms with Crippen LogP contribution in [0.25, 0.3) is 0 Å². The fraction of sp³-hybridized carbons (Fsp3) is 0.444. The van der Waals surface area contributed by atoms with Crippen molar-refractivity contribution in [1.82, 2.24) is 14.9 Å². The summed E-state index contributed by atoms with van der Waals surface area (Å²) >= 11 is 0. The largest absolute Gasteiger partial charge is 0.296 e. The second-order valence-corrected chi connectivity index (χ2v) is 8.62. The highest BCUT2D eigenvalue weighted by Gasteiger charge is 2.21. The molecule has 0 saturated carbocycles. The molecule has 1 aromatic carbocycles. The average Bonchev–Trinajstić information content (AvgIpc) is 2.60. The molecule has 2 aromatic rings. The summed E-state index contributed by atoms with van der Waals surface area (Å²) < 4.78 is 24.8. The van der Waals surface area contributed by atoms with Crippen LogP contribution in [0.5, 0.6) is 0 Å². The second-order valence-electron chi connectivity index (χ2n) is 6.51. The van der Waals surface area contributed by atoms with E-state index >= 15 is 0 Å². The molecule has 2 heterocycles. The van der Waals surface area contributed by atoms with Gasteiger partial charge in [0.25, 0.3) is 0 Å². The quantitative estimate of drug-likeness (QED) is 0.833. The van der Waals surface area contributed by atoms with Gasteiger partial charge in [0.1, 0.15) is 5.82 Å². The normalized spacial score (nSPS) is 15.5. The van der Waals surface area contributed by atoms with Gasteiger partial charge in [0.2, 0.25) is 0 Å². The van der Waals surface area contributed by atoms with Gasteiger partial charge >= 0.3 is 0 Å². The number of benzene rings is 1. The van der Waals surface area contributed by atoms with Gasteiger partial charge in [0.05, 0.1) is 16.3 Å². The molecule has 0 fully saturated rings. The zero-order valence-corrected chi connectivity index (χ0v) is 15.0. The lowest BCUT2D eigenvalue weighted by atomic mass is 10.1. The van der Waals surface area contributed by atoms with Crippen LogP contribution in [0.1, 0.15) is 36.8 Å². The van der Waals surface area contributed by atoms with Gasteiger partial charge in [0, 0.05) is 31.7 Å². The van der Waals surface area contributed by atoms with Crippen molar-refractivity contribution >= 4 is 9.84 Å². The number of aromatic nitrogens is 2. The smallest absolute Gasteiger partial charge is 0.179 e. The Hall–Kier alpha value is -1.79. The average molecular weight is 345 g/mol. The molecule has 6 heteroatoms. The van der Waals surface area contributed by atoms with E-state index in [1.54, 1.807) is 24.3 Å². The summed E-state index contributed by atoms with van der Waals surface area (Å²) in [5.74, 6) is 1.28. The summed E-state index contributed by atoms with van der Waals surface area (Å²) in [6.07, 6.45) is 2.80. The Morgan fingerprint density at radius 3 is 2.67 bits per heavy atom. The number of hydrogen-bond donors (Lipinski definition) is 0. The van der Waals surface area contributed by atoms with Crippen molar-refractivity contribution in [3.63, 3.8) is 0 Å². The molecular weight excluding hydrogens is 322 g/mol. The second kappa shape index (κ2) is 6.99. The lowest BCUT2D eigenvalue weighted by Crippen LogP contribution is -2.35. The highest BCUT2D eigenvalue weighted by Crippen LogP contribution is 2.19. The molecule has 0 saturated heterocycles. The first-order valence-corrected chi connectivity index (χ1v) is 9.96. The zero-order chi connectivity index (χ0) is 17.2. The van der Waals surface area contributed by atoms with Crippen molar-refractivity contribution in [3.8, 4) is 0 Å². The Kier molecular flexibility index (Phi) is 4.96. The molecule has 0 spiro atoms. The molecule has 24 heavy (non-hydrogen) atoms. The molecular formula is C18H23N3O2S. The van der Waals surface area contributed by atoms with Crippen molar-refractivity contribution in [2.45, 2.75) is 37.6 Å². The van der Waals surface area contributed by atoms with Crippen LogP contribution in [0, 0.1) is 0 Å². The highest BCUT2D eigenvalue weighted by molar-refractivity contribution is 7.91. The van der Waals surface area contributed by atoms with E-state index in [1.165, 1.54) is 5.56 Å². The summed E-state index contributed by atoms with van der Waals surface area (Å²) in [6.45, 7) is 6.23. The molecule has 5 nitrogen and oxygen atoms in total. The summed E-state index contributed by atoms with van der Waals surface area (Å²) in [5, 5.41) is 0. The minimum absolute atomic E-state index is 0.133. The molecule has 0 aliphatic carbocycles. The van der Waals surface area contributed by atoms with Crippen molar-refractivity contribution in [2.24, 2.45) is 0 Å². The highest BCUT2D eigenvalue weighted by atomic mass is 32.2. The SMILES string of the molecule is CC(C)c1ncc2c(n1)CN(CCS(=O)(=O)c1ccccc1)CC2. The molecule has 0 atom stereocenters. The van der Waals surface area contributed by atoms with Gasteiger partial charge in [-0.2, -0.15) is 0 Å². The third-order valence-corrected chi connectivity index (χ3v) is 6.05. The molecule has 0 unspecified atom stereocenters. The van der Waals surface area contributed by atoms with E-state index in [2.05, 4.69) is 28.7 Å². The predicted molar refractivity (Wildman–Crippen MR) is 93.6 cm³/mol. The van der Waals surface area contributed by atoms with Crippen LogP contribution in [-0.4, -0.2) is 42.1 Å². The Morgan fingerprint density at radius 2 is 1.96 bits per heavy atom. The van der Waals surface area contributed by atoms with E-state index in [0.717, 1.165) is 24.5 Å². The number of hydrogen-bond acceptors (Lipinski definition) is 5. The standard InChI is InChI=1S/C18H23N3O2S/c1-14(2)18-19-12-15-8-9-21(13-17(15)20-18)10-11-24(22,23)16-6-4-3-5-7-16/h3-7,12,14H,8-11,13H2,1-2H3. The van der Waals surface area contributed by atoms with E-state index in [4.69, 9.17) is 0 Å². The molecule has 128 valence electrons. The first-order chi connectivity index (χ1) is 11.5. The van der Waals surface area contributed by atoms with Crippen LogP contribution < -0.4 is 0 Å². The maximum Gasteiger partial charge on any atom is 0.179 e. The maximum atomic E-state index is 12.4. The van der Waals surface area contributed by atoms with Gasteiger partial charge in [-0.15, -0.1) is 0 Å². The molecule has 1 aromatic heterocycles. The van der Waals surface area contributed by atoms with Crippen molar-refractivity contribution in [2.75, 3.05) is 18.8 Å². The summed E-state index contributed by atoms with van der Waals surface area (Å²) in [4.78, 5) is 11.6. The lowest BCUT2D eigenvalue weighted by Gasteiger charge is -2.28. The van der Waals surface area contributed by atoms with Gasteiger partial charge in [-0.1, -0.05) is 32.0 Å². The fourth-order valence-corrected chi connectivity index (χ4v) is 4.14. The predicted octanol–water partition coefficient (Wildman–Crippen LogP) is 2.43. The molecule has 3 rings (SSSR count). The Bertz CT molecular complexity index is 804. The molecule has 0 radical (unpaired) electrons. The van der Waals surface area contributed by atoms with Crippen molar-refractivity contribution in [1.29, 1.82) is 0 Å². The zero-order valence-electron chi connectivity index (χ0n) is 14.1. The van der Waals surface area contributed by atoms with Crippen LogP contribution >= 0.6 is 0 Å². The molecule has 0 N–H and O–H groups in total. The van der Waals surface area contributed by atoms with Gasteiger partial charge in [0.15, 0.2) is 9.84 Å². The Balaban J connectivity index is 1.67. The van der Waals surface area contributed by atoms with Gasteiger partial charge in [-0.25, -0.2) is 18.4 Å². The summed E-state index contributed by atoms with van der Waals surface area (Å²) in [5.41, 5.74) is 2.22. The van der Waals surface area contributed by atoms with Gasteiger partial charge in [-0.05, 0) is 24.1 Å². The van der Waals surface area contributed by atoms with E-state index in [1.807, 2.05) is 12.3 Å². The van der Waals surface area contributed by atoms with Crippen LogP contribution in [0.3, 0.4) is 0 Å². The topological polar surface area (TPSA) is 63.2 Å². The lowest BCUT2D eigenvalue weighted by molar-refractivity contribution is 0.263. The minimum atomic E-state index is -3.23. The van der Waals surface area contributed by atoms with E-state index < -0.39 is 9.84 Å². The Labute approximate surface area is 143 Å². The number of rotatable bonds is 5. The minimum Gasteiger partial charge on any atom is -0.296 e. The maximum absolute atomic E-state index is 12.4. The molecule has 1 aliphatic rings. The molecule has 0 amide bonds. The van der Waals surface area contributed by atoms with Crippen molar-refractivity contribution in [3.05, 3.63) is 53.6 Å². The van der Waals surface area contributed by atoms with Gasteiger partial charge < -0.3 is 0 Å². The number of sulfone groups is 1. The Morgan fingerprint density at radius 1 is 1.21 bits per heavy atom. The van der Waals surface area contributed by atoms with Crippen LogP contribution in [-0.2, 0) is 22.8 Å². The molecule has 1 aliphatic heterocycles. The first-order valence-electron chi connectivity index (χ1n) is 8.30.